The van der Waals surface area contributed by atoms with Gasteiger partial charge in [-0.2, -0.15) is 8.73 Å². The number of fused-ring (bicyclic) bond motifs is 1. The summed E-state index contributed by atoms with van der Waals surface area (Å²) in [7, 11) is 0. The van der Waals surface area contributed by atoms with Gasteiger partial charge in [-0.15, -0.1) is 0 Å². The summed E-state index contributed by atoms with van der Waals surface area (Å²) < 4.78 is 8.22. The number of carboxylic acid groups (broad SMARTS) is 1. The van der Waals surface area contributed by atoms with Crippen LogP contribution >= 0.6 is 34.5 Å². The number of anilines is 2. The zero-order valence-corrected chi connectivity index (χ0v) is 12.6. The zero-order valence-electron chi connectivity index (χ0n) is 9.42. The van der Waals surface area contributed by atoms with E-state index in [2.05, 4.69) is 19.0 Å². The molecule has 2 aromatic rings. The summed E-state index contributed by atoms with van der Waals surface area (Å²) in [6, 6.07) is 1.56. The van der Waals surface area contributed by atoms with Gasteiger partial charge in [0.15, 0.2) is 5.13 Å². The molecule has 10 heteroatoms. The third kappa shape index (κ3) is 2.31. The molecule has 3 rings (SSSR count). The molecule has 0 fully saturated rings. The van der Waals surface area contributed by atoms with Crippen molar-refractivity contribution in [2.45, 2.75) is 0 Å². The Morgan fingerprint density at radius 3 is 2.70 bits per heavy atom. The van der Waals surface area contributed by atoms with E-state index in [9.17, 15) is 4.79 Å². The van der Waals surface area contributed by atoms with Crippen LogP contribution in [0.2, 0.25) is 10.0 Å². The number of rotatable bonds is 3. The summed E-state index contributed by atoms with van der Waals surface area (Å²) >= 11 is 14.2. The first-order valence-corrected chi connectivity index (χ1v) is 7.43. The molecular weight excluding hydrogens is 343 g/mol. The molecule has 0 spiro atoms. The van der Waals surface area contributed by atoms with Gasteiger partial charge >= 0.3 is 5.97 Å². The Morgan fingerprint density at radius 2 is 2.00 bits per heavy atom. The largest absolute Gasteiger partial charge is 0.477 e. The molecule has 0 radical (unpaired) electrons. The van der Waals surface area contributed by atoms with Gasteiger partial charge in [0.05, 0.1) is 33.3 Å². The molecule has 0 saturated carbocycles. The van der Waals surface area contributed by atoms with Crippen LogP contribution < -0.4 is 5.32 Å². The molecule has 0 aliphatic carbocycles. The number of nitrogens with one attached hydrogen (secondary N) is 1. The van der Waals surface area contributed by atoms with Crippen molar-refractivity contribution in [1.29, 1.82) is 0 Å². The molecule has 1 aromatic heterocycles. The van der Waals surface area contributed by atoms with Gasteiger partial charge in [-0.25, -0.2) is 9.78 Å². The number of carbonyl (C=O) groups is 1. The molecular formula is C10H4Cl2N4O2S2. The first-order chi connectivity index (χ1) is 9.56. The van der Waals surface area contributed by atoms with E-state index in [4.69, 9.17) is 28.3 Å². The lowest BCUT2D eigenvalue weighted by atomic mass is 10.2. The van der Waals surface area contributed by atoms with Crippen LogP contribution in [0.5, 0.6) is 0 Å². The molecule has 1 aliphatic rings. The molecule has 0 bridgehead atoms. The van der Waals surface area contributed by atoms with Gasteiger partial charge in [0.1, 0.15) is 16.3 Å². The predicted molar refractivity (Wildman–Crippen MR) is 80.4 cm³/mol. The monoisotopic (exact) mass is 346 g/mol. The second-order valence-corrected chi connectivity index (χ2v) is 6.01. The maximum absolute atomic E-state index is 10.8. The highest BCUT2D eigenvalue weighted by molar-refractivity contribution is 7.58. The SMILES string of the molecule is O=C(O)c1cnc(Nc2c(Cl)cc(Cl)c3c2N=S=N3)s1. The van der Waals surface area contributed by atoms with Gasteiger partial charge in [0.25, 0.3) is 0 Å². The third-order valence-electron chi connectivity index (χ3n) is 2.39. The van der Waals surface area contributed by atoms with Gasteiger partial charge in [-0.05, 0) is 6.07 Å². The fourth-order valence-electron chi connectivity index (χ4n) is 1.53. The van der Waals surface area contributed by atoms with Crippen LogP contribution in [-0.4, -0.2) is 16.1 Å². The lowest BCUT2D eigenvalue weighted by molar-refractivity contribution is 0.0702. The van der Waals surface area contributed by atoms with E-state index in [1.807, 2.05) is 0 Å². The van der Waals surface area contributed by atoms with Gasteiger partial charge in [-0.1, -0.05) is 34.5 Å². The Kier molecular flexibility index (Phi) is 3.47. The molecule has 6 nitrogen and oxygen atoms in total. The van der Waals surface area contributed by atoms with Crippen molar-refractivity contribution >= 4 is 74.1 Å². The summed E-state index contributed by atoms with van der Waals surface area (Å²) in [5.41, 5.74) is 1.57. The van der Waals surface area contributed by atoms with E-state index in [0.29, 0.717) is 32.2 Å². The second kappa shape index (κ2) is 5.13. The van der Waals surface area contributed by atoms with Crippen LogP contribution in [0.4, 0.5) is 22.2 Å². The quantitative estimate of drug-likeness (QED) is 0.724. The van der Waals surface area contributed by atoms with Gasteiger partial charge in [0.2, 0.25) is 0 Å². The number of hydrogen-bond donors (Lipinski definition) is 2. The molecule has 0 amide bonds. The number of benzene rings is 1. The molecule has 20 heavy (non-hydrogen) atoms. The van der Waals surface area contributed by atoms with Crippen LogP contribution in [0, 0.1) is 0 Å². The van der Waals surface area contributed by atoms with E-state index in [1.54, 1.807) is 6.07 Å². The molecule has 102 valence electrons. The van der Waals surface area contributed by atoms with E-state index in [-0.39, 0.29) is 4.88 Å². The Morgan fingerprint density at radius 1 is 1.25 bits per heavy atom. The molecule has 1 aromatic carbocycles. The van der Waals surface area contributed by atoms with Gasteiger partial charge < -0.3 is 10.4 Å². The van der Waals surface area contributed by atoms with E-state index in [0.717, 1.165) is 22.7 Å². The zero-order chi connectivity index (χ0) is 14.3. The molecule has 0 atom stereocenters. The fraction of sp³-hybridized carbons (Fsp3) is 0. The van der Waals surface area contributed by atoms with Crippen molar-refractivity contribution in [1.82, 2.24) is 4.98 Å². The van der Waals surface area contributed by atoms with Crippen molar-refractivity contribution in [3.63, 3.8) is 0 Å². The van der Waals surface area contributed by atoms with Crippen LogP contribution in [-0.2, 0) is 11.4 Å². The number of nitrogens with zero attached hydrogens (tertiary/aromatic N) is 3. The lowest BCUT2D eigenvalue weighted by Crippen LogP contribution is -1.91. The summed E-state index contributed by atoms with van der Waals surface area (Å²) in [5, 5.41) is 13.0. The second-order valence-electron chi connectivity index (χ2n) is 3.64. The Balaban J connectivity index is 2.01. The predicted octanol–water partition coefficient (Wildman–Crippen LogP) is 4.62. The topological polar surface area (TPSA) is 86.9 Å². The highest BCUT2D eigenvalue weighted by atomic mass is 35.5. The molecule has 2 N–H and O–H groups in total. The van der Waals surface area contributed by atoms with Gasteiger partial charge in [-0.3, -0.25) is 0 Å². The summed E-state index contributed by atoms with van der Waals surface area (Å²) in [6.45, 7) is 0. The average molecular weight is 347 g/mol. The summed E-state index contributed by atoms with van der Waals surface area (Å²) in [5.74, 6) is -1.03. The summed E-state index contributed by atoms with van der Waals surface area (Å²) in [4.78, 5) is 14.9. The number of halogens is 2. The minimum atomic E-state index is -1.03. The number of hydrogen-bond acceptors (Lipinski definition) is 6. The fourth-order valence-corrected chi connectivity index (χ4v) is 3.35. The Bertz CT molecular complexity index is 799. The number of thiazole rings is 1. The number of aromatic nitrogens is 1. The average Bonchev–Trinajstić information content (AvgIpc) is 3.03. The van der Waals surface area contributed by atoms with Crippen LogP contribution in [0.15, 0.2) is 21.0 Å². The van der Waals surface area contributed by atoms with Gasteiger partial charge in [0, 0.05) is 0 Å². The Hall–Kier alpha value is -1.48. The van der Waals surface area contributed by atoms with E-state index >= 15 is 0 Å². The van der Waals surface area contributed by atoms with Crippen LogP contribution in [0.1, 0.15) is 9.67 Å². The minimum Gasteiger partial charge on any atom is -0.477 e. The molecule has 0 unspecified atom stereocenters. The standard InChI is InChI=1S/C10H4Cl2N4O2S2/c11-3-1-4(12)7-8(16-20-15-7)6(3)14-10-13-2-5(19-10)9(17)18/h1-2H,(H,13,14)(H,17,18). The van der Waals surface area contributed by atoms with Crippen molar-refractivity contribution in [3.8, 4) is 0 Å². The highest BCUT2D eigenvalue weighted by Crippen LogP contribution is 2.48. The van der Waals surface area contributed by atoms with E-state index in [1.165, 1.54) is 6.20 Å². The van der Waals surface area contributed by atoms with Crippen molar-refractivity contribution in [2.75, 3.05) is 5.32 Å². The lowest BCUT2D eigenvalue weighted by Gasteiger charge is -2.09. The molecule has 2 heterocycles. The van der Waals surface area contributed by atoms with Crippen LogP contribution in [0.3, 0.4) is 0 Å². The number of aromatic carboxylic acids is 1. The van der Waals surface area contributed by atoms with Crippen molar-refractivity contribution < 1.29 is 9.90 Å². The summed E-state index contributed by atoms with van der Waals surface area (Å²) in [6.07, 6.45) is 1.27. The number of carboxylic acids is 1. The molecule has 1 aliphatic heterocycles. The minimum absolute atomic E-state index is 0.130. The van der Waals surface area contributed by atoms with Crippen molar-refractivity contribution in [2.24, 2.45) is 8.73 Å². The normalized spacial score (nSPS) is 12.1. The van der Waals surface area contributed by atoms with E-state index < -0.39 is 5.97 Å². The smallest absolute Gasteiger partial charge is 0.347 e. The first-order valence-electron chi connectivity index (χ1n) is 5.12. The first kappa shape index (κ1) is 13.5. The maximum atomic E-state index is 10.8. The van der Waals surface area contributed by atoms with Crippen LogP contribution in [0.25, 0.3) is 0 Å². The molecule has 0 saturated heterocycles. The Labute approximate surface area is 130 Å². The maximum Gasteiger partial charge on any atom is 0.347 e. The third-order valence-corrected chi connectivity index (χ3v) is 4.41. The van der Waals surface area contributed by atoms with Crippen molar-refractivity contribution in [3.05, 3.63) is 27.2 Å². The highest BCUT2D eigenvalue weighted by Gasteiger charge is 2.20.